The summed E-state index contributed by atoms with van der Waals surface area (Å²) in [5.41, 5.74) is 6.40. The van der Waals surface area contributed by atoms with Crippen LogP contribution in [0.5, 0.6) is 0 Å². The van der Waals surface area contributed by atoms with E-state index in [1.807, 2.05) is 30.3 Å². The summed E-state index contributed by atoms with van der Waals surface area (Å²) in [5.74, 6) is -0.0000463. The third-order valence-electron chi connectivity index (χ3n) is 3.12. The van der Waals surface area contributed by atoms with E-state index in [4.69, 9.17) is 22.7 Å². The van der Waals surface area contributed by atoms with Crippen LogP contribution in [-0.2, 0) is 9.53 Å². The van der Waals surface area contributed by atoms with Crippen LogP contribution in [0.15, 0.2) is 30.3 Å². The summed E-state index contributed by atoms with van der Waals surface area (Å²) in [6.45, 7) is 1.16. The van der Waals surface area contributed by atoms with E-state index in [2.05, 4.69) is 0 Å². The molecule has 0 aromatic heterocycles. The molecule has 1 amide bonds. The summed E-state index contributed by atoms with van der Waals surface area (Å²) in [6, 6.07) is 9.56. The first-order valence-corrected chi connectivity index (χ1v) is 6.85. The lowest BCUT2D eigenvalue weighted by Gasteiger charge is -2.25. The van der Waals surface area contributed by atoms with Crippen molar-refractivity contribution in [2.24, 2.45) is 5.73 Å². The van der Waals surface area contributed by atoms with Gasteiger partial charge >= 0.3 is 0 Å². The highest BCUT2D eigenvalue weighted by Gasteiger charge is 2.28. The molecule has 19 heavy (non-hydrogen) atoms. The molecule has 4 nitrogen and oxygen atoms in total. The number of amides is 1. The van der Waals surface area contributed by atoms with E-state index >= 15 is 0 Å². The van der Waals surface area contributed by atoms with Crippen molar-refractivity contribution < 1.29 is 9.53 Å². The van der Waals surface area contributed by atoms with Gasteiger partial charge in [-0.15, -0.1) is 0 Å². The van der Waals surface area contributed by atoms with E-state index < -0.39 is 0 Å². The molecule has 2 N–H and O–H groups in total. The number of thiocarbonyl (C=S) groups is 1. The van der Waals surface area contributed by atoms with Crippen LogP contribution in [0.25, 0.3) is 0 Å². The van der Waals surface area contributed by atoms with Crippen molar-refractivity contribution in [2.45, 2.75) is 25.4 Å². The van der Waals surface area contributed by atoms with Gasteiger partial charge in [-0.1, -0.05) is 30.4 Å². The first-order valence-electron chi connectivity index (χ1n) is 6.45. The number of hydrogen-bond acceptors (Lipinski definition) is 3. The van der Waals surface area contributed by atoms with Crippen LogP contribution < -0.4 is 10.6 Å². The fourth-order valence-electron chi connectivity index (χ4n) is 2.14. The van der Waals surface area contributed by atoms with Crippen LogP contribution in [0.4, 0.5) is 5.69 Å². The molecule has 102 valence electrons. The second-order valence-electron chi connectivity index (χ2n) is 4.54. The van der Waals surface area contributed by atoms with Crippen LogP contribution in [-0.4, -0.2) is 30.2 Å². The van der Waals surface area contributed by atoms with Gasteiger partial charge in [-0.3, -0.25) is 4.79 Å². The van der Waals surface area contributed by atoms with Crippen molar-refractivity contribution in [2.75, 3.05) is 18.1 Å². The molecule has 1 atom stereocenters. The minimum atomic E-state index is -0.327. The number of benzene rings is 1. The predicted octanol–water partition coefficient (Wildman–Crippen LogP) is 1.87. The first kappa shape index (κ1) is 14.0. The third kappa shape index (κ3) is 3.75. The molecule has 0 radical (unpaired) electrons. The van der Waals surface area contributed by atoms with Gasteiger partial charge in [0.25, 0.3) is 5.91 Å². The zero-order valence-corrected chi connectivity index (χ0v) is 11.6. The highest BCUT2D eigenvalue weighted by Crippen LogP contribution is 2.20. The lowest BCUT2D eigenvalue weighted by atomic mass is 10.2. The number of anilines is 1. The number of nitrogens with two attached hydrogens (primary N) is 1. The molecular formula is C14H18N2O2S. The maximum atomic E-state index is 12.5. The van der Waals surface area contributed by atoms with Gasteiger partial charge in [0.15, 0.2) is 0 Å². The SMILES string of the molecule is NC(=S)CCN(C(=O)C1CCCO1)c1ccccc1. The Labute approximate surface area is 118 Å². The zero-order chi connectivity index (χ0) is 13.7. The molecule has 1 aromatic carbocycles. The minimum Gasteiger partial charge on any atom is -0.393 e. The number of rotatable bonds is 5. The molecule has 0 saturated carbocycles. The highest BCUT2D eigenvalue weighted by atomic mass is 32.1. The fraction of sp³-hybridized carbons (Fsp3) is 0.429. The van der Waals surface area contributed by atoms with Gasteiger partial charge in [0, 0.05) is 25.3 Å². The van der Waals surface area contributed by atoms with Crippen molar-refractivity contribution in [1.29, 1.82) is 0 Å². The summed E-state index contributed by atoms with van der Waals surface area (Å²) >= 11 is 4.89. The topological polar surface area (TPSA) is 55.6 Å². The zero-order valence-electron chi connectivity index (χ0n) is 10.7. The lowest BCUT2D eigenvalue weighted by Crippen LogP contribution is -2.40. The standard InChI is InChI=1S/C14H18N2O2S/c15-13(19)8-9-16(11-5-2-1-3-6-11)14(17)12-7-4-10-18-12/h1-3,5-6,12H,4,7-10H2,(H2,15,19). The Kier molecular flexibility index (Phi) is 4.87. The molecule has 1 aromatic rings. The summed E-state index contributed by atoms with van der Waals surface area (Å²) in [6.07, 6.45) is 1.92. The van der Waals surface area contributed by atoms with E-state index in [1.54, 1.807) is 4.90 Å². The lowest BCUT2D eigenvalue weighted by molar-refractivity contribution is -0.127. The largest absolute Gasteiger partial charge is 0.393 e. The average Bonchev–Trinajstić information content (AvgIpc) is 2.93. The van der Waals surface area contributed by atoms with Gasteiger partial charge in [0.05, 0.1) is 4.99 Å². The van der Waals surface area contributed by atoms with Crippen molar-refractivity contribution >= 4 is 28.8 Å². The van der Waals surface area contributed by atoms with E-state index in [0.717, 1.165) is 18.5 Å². The van der Waals surface area contributed by atoms with Gasteiger partial charge in [-0.2, -0.15) is 0 Å². The van der Waals surface area contributed by atoms with Crippen LogP contribution in [0, 0.1) is 0 Å². The molecule has 0 aliphatic carbocycles. The van der Waals surface area contributed by atoms with Gasteiger partial charge in [-0.25, -0.2) is 0 Å². The first-order chi connectivity index (χ1) is 9.18. The van der Waals surface area contributed by atoms with Gasteiger partial charge in [0.2, 0.25) is 0 Å². The molecule has 1 unspecified atom stereocenters. The molecule has 1 aliphatic rings. The monoisotopic (exact) mass is 278 g/mol. The molecular weight excluding hydrogens is 260 g/mol. The summed E-state index contributed by atoms with van der Waals surface area (Å²) < 4.78 is 5.47. The van der Waals surface area contributed by atoms with Gasteiger partial charge in [0.1, 0.15) is 6.10 Å². The maximum Gasteiger partial charge on any atom is 0.256 e. The number of carbonyl (C=O) groups excluding carboxylic acids is 1. The van der Waals surface area contributed by atoms with Crippen LogP contribution in [0.1, 0.15) is 19.3 Å². The summed E-state index contributed by atoms with van der Waals surface area (Å²) in [4.78, 5) is 14.6. The number of hydrogen-bond donors (Lipinski definition) is 1. The Morgan fingerprint density at radius 3 is 2.74 bits per heavy atom. The average molecular weight is 278 g/mol. The fourth-order valence-corrected chi connectivity index (χ4v) is 2.23. The predicted molar refractivity (Wildman–Crippen MR) is 79.2 cm³/mol. The Balaban J connectivity index is 2.13. The van der Waals surface area contributed by atoms with E-state index in [-0.39, 0.29) is 12.0 Å². The number of carbonyl (C=O) groups is 1. The molecule has 5 heteroatoms. The number of para-hydroxylation sites is 1. The van der Waals surface area contributed by atoms with Crippen LogP contribution in [0.3, 0.4) is 0 Å². The van der Waals surface area contributed by atoms with Crippen LogP contribution in [0.2, 0.25) is 0 Å². The third-order valence-corrected chi connectivity index (χ3v) is 3.32. The molecule has 2 rings (SSSR count). The van der Waals surface area contributed by atoms with Crippen molar-refractivity contribution in [3.63, 3.8) is 0 Å². The van der Waals surface area contributed by atoms with E-state index in [0.29, 0.717) is 24.6 Å². The molecule has 1 aliphatic heterocycles. The van der Waals surface area contributed by atoms with Crippen molar-refractivity contribution in [3.8, 4) is 0 Å². The number of nitrogens with zero attached hydrogens (tertiary/aromatic N) is 1. The molecule has 1 saturated heterocycles. The Morgan fingerprint density at radius 2 is 2.16 bits per heavy atom. The quantitative estimate of drug-likeness (QED) is 0.836. The Morgan fingerprint density at radius 1 is 1.42 bits per heavy atom. The normalized spacial score (nSPS) is 18.2. The second-order valence-corrected chi connectivity index (χ2v) is 5.07. The van der Waals surface area contributed by atoms with Gasteiger partial charge in [-0.05, 0) is 25.0 Å². The second kappa shape index (κ2) is 6.63. The van der Waals surface area contributed by atoms with E-state index in [9.17, 15) is 4.79 Å². The van der Waals surface area contributed by atoms with E-state index in [1.165, 1.54) is 0 Å². The molecule has 1 fully saturated rings. The maximum absolute atomic E-state index is 12.5. The molecule has 1 heterocycles. The Bertz CT molecular complexity index is 444. The van der Waals surface area contributed by atoms with Gasteiger partial charge < -0.3 is 15.4 Å². The summed E-state index contributed by atoms with van der Waals surface area (Å²) in [5, 5.41) is 0. The molecule has 0 bridgehead atoms. The number of ether oxygens (including phenoxy) is 1. The highest BCUT2D eigenvalue weighted by molar-refractivity contribution is 7.80. The minimum absolute atomic E-state index is 0.0000463. The smallest absolute Gasteiger partial charge is 0.256 e. The van der Waals surface area contributed by atoms with Crippen molar-refractivity contribution in [1.82, 2.24) is 0 Å². The van der Waals surface area contributed by atoms with Crippen molar-refractivity contribution in [3.05, 3.63) is 30.3 Å². The van der Waals surface area contributed by atoms with Crippen LogP contribution >= 0.6 is 12.2 Å². The Hall–Kier alpha value is -1.46. The summed E-state index contributed by atoms with van der Waals surface area (Å²) in [7, 11) is 0. The molecule has 0 spiro atoms.